The fourth-order valence-corrected chi connectivity index (χ4v) is 2.44. The van der Waals surface area contributed by atoms with E-state index >= 15 is 0 Å². The Morgan fingerprint density at radius 1 is 1.35 bits per heavy atom. The first kappa shape index (κ1) is 12.4. The minimum Gasteiger partial charge on any atom is -0.486 e. The van der Waals surface area contributed by atoms with Crippen molar-refractivity contribution in [2.24, 2.45) is 11.1 Å². The highest BCUT2D eigenvalue weighted by Gasteiger charge is 2.37. The monoisotopic (exact) mass is 237 g/mol. The van der Waals surface area contributed by atoms with E-state index in [1.165, 1.54) is 6.07 Å². The van der Waals surface area contributed by atoms with Crippen LogP contribution in [0, 0.1) is 11.2 Å². The van der Waals surface area contributed by atoms with Crippen LogP contribution in [0.25, 0.3) is 0 Å². The van der Waals surface area contributed by atoms with Crippen LogP contribution in [0.3, 0.4) is 0 Å². The topological polar surface area (TPSA) is 35.2 Å². The molecule has 0 radical (unpaired) electrons. The van der Waals surface area contributed by atoms with Gasteiger partial charge < -0.3 is 10.5 Å². The maximum atomic E-state index is 13.5. The molecule has 3 heteroatoms. The molecule has 2 N–H and O–H groups in total. The van der Waals surface area contributed by atoms with Crippen LogP contribution in [-0.2, 0) is 0 Å². The van der Waals surface area contributed by atoms with Crippen LogP contribution >= 0.6 is 0 Å². The van der Waals surface area contributed by atoms with Gasteiger partial charge in [-0.3, -0.25) is 0 Å². The molecule has 0 bridgehead atoms. The quantitative estimate of drug-likeness (QED) is 0.857. The molecule has 1 fully saturated rings. The van der Waals surface area contributed by atoms with Crippen molar-refractivity contribution >= 4 is 0 Å². The Kier molecular flexibility index (Phi) is 3.38. The molecule has 1 aliphatic rings. The van der Waals surface area contributed by atoms with Crippen molar-refractivity contribution < 1.29 is 9.13 Å². The van der Waals surface area contributed by atoms with Crippen LogP contribution in [0.15, 0.2) is 24.3 Å². The first-order valence-corrected chi connectivity index (χ1v) is 6.17. The van der Waals surface area contributed by atoms with Gasteiger partial charge in [-0.1, -0.05) is 26.0 Å². The number of hydrogen-bond acceptors (Lipinski definition) is 2. The zero-order chi connectivity index (χ0) is 12.5. The molecular formula is C14H20FNO. The zero-order valence-corrected chi connectivity index (χ0v) is 10.4. The van der Waals surface area contributed by atoms with Crippen LogP contribution in [0.4, 0.5) is 4.39 Å². The molecule has 2 rings (SSSR count). The summed E-state index contributed by atoms with van der Waals surface area (Å²) < 4.78 is 19.2. The summed E-state index contributed by atoms with van der Waals surface area (Å²) in [6.07, 6.45) is 3.00. The van der Waals surface area contributed by atoms with E-state index in [1.807, 2.05) is 0 Å². The van der Waals surface area contributed by atoms with Gasteiger partial charge in [-0.2, -0.15) is 0 Å². The Hall–Kier alpha value is -1.09. The van der Waals surface area contributed by atoms with Crippen molar-refractivity contribution in [1.29, 1.82) is 0 Å². The summed E-state index contributed by atoms with van der Waals surface area (Å²) in [5, 5.41) is 0. The van der Waals surface area contributed by atoms with E-state index in [1.54, 1.807) is 18.2 Å². The molecule has 1 aliphatic carbocycles. The number of rotatable bonds is 2. The molecule has 1 aromatic rings. The minimum absolute atomic E-state index is 0.0455. The van der Waals surface area contributed by atoms with Crippen LogP contribution in [0.1, 0.15) is 33.1 Å². The molecule has 0 amide bonds. The van der Waals surface area contributed by atoms with E-state index in [-0.39, 0.29) is 23.4 Å². The number of para-hydroxylation sites is 1. The van der Waals surface area contributed by atoms with Gasteiger partial charge in [0.25, 0.3) is 0 Å². The van der Waals surface area contributed by atoms with Gasteiger partial charge in [0.05, 0.1) is 0 Å². The number of halogens is 1. The third-order valence-electron chi connectivity index (χ3n) is 3.73. The van der Waals surface area contributed by atoms with E-state index in [2.05, 4.69) is 13.8 Å². The van der Waals surface area contributed by atoms with Crippen molar-refractivity contribution in [2.45, 2.75) is 45.3 Å². The molecule has 17 heavy (non-hydrogen) atoms. The number of ether oxygens (including phenoxy) is 1. The van der Waals surface area contributed by atoms with Gasteiger partial charge in [0, 0.05) is 6.04 Å². The predicted molar refractivity (Wildman–Crippen MR) is 66.4 cm³/mol. The summed E-state index contributed by atoms with van der Waals surface area (Å²) in [6.45, 7) is 4.29. The normalized spacial score (nSPS) is 27.8. The lowest BCUT2D eigenvalue weighted by molar-refractivity contribution is 0.0540. The Labute approximate surface area is 102 Å². The van der Waals surface area contributed by atoms with Gasteiger partial charge in [-0.15, -0.1) is 0 Å². The van der Waals surface area contributed by atoms with Crippen molar-refractivity contribution in [3.63, 3.8) is 0 Å². The van der Waals surface area contributed by atoms with Crippen molar-refractivity contribution in [3.8, 4) is 5.75 Å². The molecular weight excluding hydrogens is 217 g/mol. The summed E-state index contributed by atoms with van der Waals surface area (Å²) in [7, 11) is 0. The maximum Gasteiger partial charge on any atom is 0.165 e. The third kappa shape index (κ3) is 2.60. The second kappa shape index (κ2) is 4.65. The Morgan fingerprint density at radius 2 is 2.06 bits per heavy atom. The first-order chi connectivity index (χ1) is 8.00. The van der Waals surface area contributed by atoms with Crippen molar-refractivity contribution in [1.82, 2.24) is 0 Å². The second-order valence-electron chi connectivity index (χ2n) is 5.49. The fourth-order valence-electron chi connectivity index (χ4n) is 2.44. The molecule has 1 saturated carbocycles. The summed E-state index contributed by atoms with van der Waals surface area (Å²) in [5.74, 6) is -0.00581. The van der Waals surface area contributed by atoms with E-state index in [9.17, 15) is 4.39 Å². The largest absolute Gasteiger partial charge is 0.486 e. The molecule has 2 nitrogen and oxygen atoms in total. The van der Waals surface area contributed by atoms with Gasteiger partial charge in [0.1, 0.15) is 6.10 Å². The molecule has 0 saturated heterocycles. The predicted octanol–water partition coefficient (Wildman–Crippen LogP) is 3.11. The summed E-state index contributed by atoms with van der Waals surface area (Å²) in [5.41, 5.74) is 6.27. The van der Waals surface area contributed by atoms with E-state index < -0.39 is 0 Å². The smallest absolute Gasteiger partial charge is 0.165 e. The van der Waals surface area contributed by atoms with Gasteiger partial charge in [0.2, 0.25) is 0 Å². The van der Waals surface area contributed by atoms with Crippen LogP contribution < -0.4 is 10.5 Å². The highest BCUT2D eigenvalue weighted by atomic mass is 19.1. The van der Waals surface area contributed by atoms with Gasteiger partial charge >= 0.3 is 0 Å². The van der Waals surface area contributed by atoms with Crippen LogP contribution in [0.2, 0.25) is 0 Å². The minimum atomic E-state index is -0.317. The molecule has 0 spiro atoms. The lowest BCUT2D eigenvalue weighted by Crippen LogP contribution is -2.52. The van der Waals surface area contributed by atoms with Crippen LogP contribution in [0.5, 0.6) is 5.75 Å². The van der Waals surface area contributed by atoms with Gasteiger partial charge in [-0.05, 0) is 36.8 Å². The Morgan fingerprint density at radius 3 is 2.76 bits per heavy atom. The van der Waals surface area contributed by atoms with E-state index in [4.69, 9.17) is 10.5 Å². The highest BCUT2D eigenvalue weighted by molar-refractivity contribution is 5.24. The van der Waals surface area contributed by atoms with E-state index in [0.717, 1.165) is 19.3 Å². The SMILES string of the molecule is CC1(C)CCCC(Oc2ccccc2F)C1N. The summed E-state index contributed by atoms with van der Waals surface area (Å²) in [6, 6.07) is 6.46. The standard InChI is InChI=1S/C14H20FNO/c1-14(2)9-5-8-12(13(14)16)17-11-7-4-3-6-10(11)15/h3-4,6-7,12-13H,5,8-9,16H2,1-2H3. The Bertz CT molecular complexity index is 392. The average molecular weight is 237 g/mol. The molecule has 2 atom stereocenters. The summed E-state index contributed by atoms with van der Waals surface area (Å²) >= 11 is 0. The van der Waals surface area contributed by atoms with Crippen LogP contribution in [-0.4, -0.2) is 12.1 Å². The lowest BCUT2D eigenvalue weighted by Gasteiger charge is -2.41. The number of hydrogen-bond donors (Lipinski definition) is 1. The third-order valence-corrected chi connectivity index (χ3v) is 3.73. The molecule has 0 aliphatic heterocycles. The maximum absolute atomic E-state index is 13.5. The second-order valence-corrected chi connectivity index (χ2v) is 5.49. The Balaban J connectivity index is 2.11. The van der Waals surface area contributed by atoms with Crippen molar-refractivity contribution in [3.05, 3.63) is 30.1 Å². The fraction of sp³-hybridized carbons (Fsp3) is 0.571. The molecule has 94 valence electrons. The zero-order valence-electron chi connectivity index (χ0n) is 10.4. The van der Waals surface area contributed by atoms with E-state index in [0.29, 0.717) is 5.75 Å². The average Bonchev–Trinajstić information content (AvgIpc) is 2.28. The lowest BCUT2D eigenvalue weighted by atomic mass is 9.72. The van der Waals surface area contributed by atoms with Crippen molar-refractivity contribution in [2.75, 3.05) is 0 Å². The number of nitrogens with two attached hydrogens (primary N) is 1. The highest BCUT2D eigenvalue weighted by Crippen LogP contribution is 2.36. The first-order valence-electron chi connectivity index (χ1n) is 6.17. The molecule has 1 aromatic carbocycles. The molecule has 0 aromatic heterocycles. The molecule has 2 unspecified atom stereocenters. The molecule has 0 heterocycles. The van der Waals surface area contributed by atoms with Gasteiger partial charge in [-0.25, -0.2) is 4.39 Å². The summed E-state index contributed by atoms with van der Waals surface area (Å²) in [4.78, 5) is 0. The number of benzene rings is 1. The van der Waals surface area contributed by atoms with Gasteiger partial charge in [0.15, 0.2) is 11.6 Å².